The van der Waals surface area contributed by atoms with Crippen LogP contribution in [0.3, 0.4) is 0 Å². The number of nitrogens with zero attached hydrogens (tertiary/aromatic N) is 3. The number of carbonyl (C=O) groups is 2. The molecular formula is C14H25N3O2. The van der Waals surface area contributed by atoms with Crippen LogP contribution in [0.2, 0.25) is 0 Å². The Balaban J connectivity index is 1.83. The predicted octanol–water partition coefficient (Wildman–Crippen LogP) is 0.265. The SMILES string of the molecule is CC(C)C1CC(=O)N(CCN2CCN(C)CC2)C1=O. The zero-order valence-electron chi connectivity index (χ0n) is 12.3. The molecule has 2 fully saturated rings. The molecule has 1 unspecified atom stereocenters. The van der Waals surface area contributed by atoms with Gasteiger partial charge in [0.05, 0.1) is 0 Å². The Bertz CT molecular complexity index is 349. The van der Waals surface area contributed by atoms with Gasteiger partial charge in [-0.2, -0.15) is 0 Å². The van der Waals surface area contributed by atoms with Crippen molar-refractivity contribution in [3.05, 3.63) is 0 Å². The summed E-state index contributed by atoms with van der Waals surface area (Å²) in [6.45, 7) is 9.59. The maximum atomic E-state index is 12.2. The fourth-order valence-electron chi connectivity index (χ4n) is 2.78. The van der Waals surface area contributed by atoms with Gasteiger partial charge in [-0.3, -0.25) is 19.4 Å². The maximum absolute atomic E-state index is 12.2. The van der Waals surface area contributed by atoms with E-state index in [2.05, 4.69) is 16.8 Å². The van der Waals surface area contributed by atoms with Gasteiger partial charge in [-0.05, 0) is 13.0 Å². The highest BCUT2D eigenvalue weighted by atomic mass is 16.2. The molecule has 0 bridgehead atoms. The molecule has 108 valence electrons. The largest absolute Gasteiger partial charge is 0.304 e. The first-order valence-electron chi connectivity index (χ1n) is 7.24. The Hall–Kier alpha value is -0.940. The fourth-order valence-corrected chi connectivity index (χ4v) is 2.78. The van der Waals surface area contributed by atoms with Crippen LogP contribution in [0.5, 0.6) is 0 Å². The van der Waals surface area contributed by atoms with Gasteiger partial charge in [-0.1, -0.05) is 13.8 Å². The molecule has 5 nitrogen and oxygen atoms in total. The topological polar surface area (TPSA) is 43.9 Å². The second kappa shape index (κ2) is 6.01. The minimum absolute atomic E-state index is 0.0119. The number of piperazine rings is 1. The summed E-state index contributed by atoms with van der Waals surface area (Å²) in [5.74, 6) is 0.206. The number of likely N-dealkylation sites (N-methyl/N-ethyl adjacent to an activating group) is 1. The van der Waals surface area contributed by atoms with E-state index in [0.717, 1.165) is 32.7 Å². The zero-order valence-corrected chi connectivity index (χ0v) is 12.3. The summed E-state index contributed by atoms with van der Waals surface area (Å²) >= 11 is 0. The van der Waals surface area contributed by atoms with Gasteiger partial charge >= 0.3 is 0 Å². The monoisotopic (exact) mass is 267 g/mol. The van der Waals surface area contributed by atoms with Crippen molar-refractivity contribution in [3.8, 4) is 0 Å². The summed E-state index contributed by atoms with van der Waals surface area (Å²) in [6, 6.07) is 0. The molecule has 0 aromatic carbocycles. The average molecular weight is 267 g/mol. The normalized spacial score (nSPS) is 26.7. The van der Waals surface area contributed by atoms with Crippen LogP contribution in [0.1, 0.15) is 20.3 Å². The first-order valence-corrected chi connectivity index (χ1v) is 7.24. The van der Waals surface area contributed by atoms with Crippen LogP contribution in [-0.2, 0) is 9.59 Å². The van der Waals surface area contributed by atoms with Crippen LogP contribution in [0, 0.1) is 11.8 Å². The first-order chi connectivity index (χ1) is 8.99. The van der Waals surface area contributed by atoms with E-state index in [1.54, 1.807) is 0 Å². The molecule has 2 heterocycles. The van der Waals surface area contributed by atoms with Crippen LogP contribution >= 0.6 is 0 Å². The second-order valence-corrected chi connectivity index (χ2v) is 6.08. The number of hydrogen-bond donors (Lipinski definition) is 0. The van der Waals surface area contributed by atoms with Crippen molar-refractivity contribution in [2.45, 2.75) is 20.3 Å². The molecule has 2 aliphatic heterocycles. The van der Waals surface area contributed by atoms with Crippen LogP contribution in [-0.4, -0.2) is 72.8 Å². The molecule has 0 saturated carbocycles. The molecule has 0 aromatic rings. The summed E-state index contributed by atoms with van der Waals surface area (Å²) < 4.78 is 0. The Morgan fingerprint density at radius 1 is 1.11 bits per heavy atom. The standard InChI is InChI=1S/C14H25N3O2/c1-11(2)12-10-13(18)17(14(12)19)9-8-16-6-4-15(3)5-7-16/h11-12H,4-10H2,1-3H3. The molecule has 5 heteroatoms. The molecule has 0 radical (unpaired) electrons. The smallest absolute Gasteiger partial charge is 0.233 e. The Morgan fingerprint density at radius 3 is 2.26 bits per heavy atom. The minimum Gasteiger partial charge on any atom is -0.304 e. The van der Waals surface area contributed by atoms with E-state index >= 15 is 0 Å². The van der Waals surface area contributed by atoms with Crippen molar-refractivity contribution in [3.63, 3.8) is 0 Å². The maximum Gasteiger partial charge on any atom is 0.233 e. The molecule has 0 aromatic heterocycles. The van der Waals surface area contributed by atoms with E-state index in [0.29, 0.717) is 13.0 Å². The van der Waals surface area contributed by atoms with E-state index in [-0.39, 0.29) is 23.7 Å². The molecule has 2 rings (SSSR count). The van der Waals surface area contributed by atoms with Crippen molar-refractivity contribution < 1.29 is 9.59 Å². The number of rotatable bonds is 4. The highest BCUT2D eigenvalue weighted by Crippen LogP contribution is 2.26. The highest BCUT2D eigenvalue weighted by Gasteiger charge is 2.39. The van der Waals surface area contributed by atoms with Gasteiger partial charge in [0.15, 0.2) is 0 Å². The van der Waals surface area contributed by atoms with Gasteiger partial charge in [0, 0.05) is 51.6 Å². The lowest BCUT2D eigenvalue weighted by Gasteiger charge is -2.33. The number of likely N-dealkylation sites (tertiary alicyclic amines) is 1. The molecule has 1 atom stereocenters. The van der Waals surface area contributed by atoms with Gasteiger partial charge in [-0.15, -0.1) is 0 Å². The van der Waals surface area contributed by atoms with Gasteiger partial charge in [0.1, 0.15) is 0 Å². The summed E-state index contributed by atoms with van der Waals surface area (Å²) in [7, 11) is 2.12. The van der Waals surface area contributed by atoms with Crippen molar-refractivity contribution in [2.24, 2.45) is 11.8 Å². The summed E-state index contributed by atoms with van der Waals surface area (Å²) in [5.41, 5.74) is 0. The van der Waals surface area contributed by atoms with Crippen LogP contribution < -0.4 is 0 Å². The summed E-state index contributed by atoms with van der Waals surface area (Å²) in [4.78, 5) is 30.2. The molecule has 0 spiro atoms. The van der Waals surface area contributed by atoms with Crippen molar-refractivity contribution in [1.29, 1.82) is 0 Å². The Morgan fingerprint density at radius 2 is 1.74 bits per heavy atom. The summed E-state index contributed by atoms with van der Waals surface area (Å²) in [5, 5.41) is 0. The third-order valence-electron chi connectivity index (χ3n) is 4.32. The van der Waals surface area contributed by atoms with Crippen LogP contribution in [0.25, 0.3) is 0 Å². The molecule has 2 aliphatic rings. The van der Waals surface area contributed by atoms with Crippen LogP contribution in [0.4, 0.5) is 0 Å². The lowest BCUT2D eigenvalue weighted by atomic mass is 9.94. The average Bonchev–Trinajstić information content (AvgIpc) is 2.65. The van der Waals surface area contributed by atoms with E-state index in [9.17, 15) is 9.59 Å². The molecule has 2 amide bonds. The lowest BCUT2D eigenvalue weighted by Crippen LogP contribution is -2.47. The lowest BCUT2D eigenvalue weighted by molar-refractivity contribution is -0.140. The van der Waals surface area contributed by atoms with Gasteiger partial charge in [0.2, 0.25) is 11.8 Å². The van der Waals surface area contributed by atoms with Gasteiger partial charge < -0.3 is 4.90 Å². The second-order valence-electron chi connectivity index (χ2n) is 6.08. The van der Waals surface area contributed by atoms with Crippen molar-refractivity contribution in [2.75, 3.05) is 46.3 Å². The molecule has 0 aliphatic carbocycles. The van der Waals surface area contributed by atoms with Crippen molar-refractivity contribution in [1.82, 2.24) is 14.7 Å². The molecular weight excluding hydrogens is 242 g/mol. The Kier molecular flexibility index (Phi) is 4.58. The number of amides is 2. The number of imide groups is 1. The quantitative estimate of drug-likeness (QED) is 0.686. The van der Waals surface area contributed by atoms with Crippen LogP contribution in [0.15, 0.2) is 0 Å². The van der Waals surface area contributed by atoms with E-state index < -0.39 is 0 Å². The predicted molar refractivity (Wildman–Crippen MR) is 73.6 cm³/mol. The first kappa shape index (κ1) is 14.5. The molecule has 0 N–H and O–H groups in total. The summed E-state index contributed by atoms with van der Waals surface area (Å²) in [6.07, 6.45) is 0.402. The highest BCUT2D eigenvalue weighted by molar-refractivity contribution is 6.03. The van der Waals surface area contributed by atoms with Gasteiger partial charge in [-0.25, -0.2) is 0 Å². The van der Waals surface area contributed by atoms with E-state index in [1.807, 2.05) is 13.8 Å². The van der Waals surface area contributed by atoms with Gasteiger partial charge in [0.25, 0.3) is 0 Å². The molecule has 2 saturated heterocycles. The molecule has 19 heavy (non-hydrogen) atoms. The third-order valence-corrected chi connectivity index (χ3v) is 4.32. The third kappa shape index (κ3) is 3.34. The zero-order chi connectivity index (χ0) is 14.0. The Labute approximate surface area is 115 Å². The number of carbonyl (C=O) groups excluding carboxylic acids is 2. The van der Waals surface area contributed by atoms with Crippen molar-refractivity contribution >= 4 is 11.8 Å². The minimum atomic E-state index is -0.0972. The number of hydrogen-bond acceptors (Lipinski definition) is 4. The fraction of sp³-hybridized carbons (Fsp3) is 0.857. The van der Waals surface area contributed by atoms with E-state index in [1.165, 1.54) is 4.90 Å². The van der Waals surface area contributed by atoms with E-state index in [4.69, 9.17) is 0 Å².